The zero-order valence-electron chi connectivity index (χ0n) is 15.4. The van der Waals surface area contributed by atoms with Gasteiger partial charge in [0.15, 0.2) is 5.96 Å². The maximum Gasteiger partial charge on any atom is 0.220 e. The van der Waals surface area contributed by atoms with Crippen LogP contribution >= 0.6 is 0 Å². The number of carbonyl (C=O) groups excluding carboxylic acids is 1. The van der Waals surface area contributed by atoms with E-state index < -0.39 is 0 Å². The van der Waals surface area contributed by atoms with Gasteiger partial charge >= 0.3 is 0 Å². The number of nitrogens with zero attached hydrogens (tertiary/aromatic N) is 3. The van der Waals surface area contributed by atoms with E-state index in [1.165, 1.54) is 0 Å². The maximum absolute atomic E-state index is 11.5. The zero-order chi connectivity index (χ0) is 17.1. The number of amides is 1. The van der Waals surface area contributed by atoms with E-state index >= 15 is 0 Å². The van der Waals surface area contributed by atoms with E-state index in [9.17, 15) is 4.79 Å². The predicted octanol–water partition coefficient (Wildman–Crippen LogP) is 1.14. The number of likely N-dealkylation sites (tertiary alicyclic amines) is 1. The average molecular weight is 326 g/mol. The van der Waals surface area contributed by atoms with Gasteiger partial charge < -0.3 is 20.4 Å². The van der Waals surface area contributed by atoms with Crippen molar-refractivity contribution in [3.8, 4) is 0 Å². The number of guanidine groups is 1. The summed E-state index contributed by atoms with van der Waals surface area (Å²) in [6.07, 6.45) is 2.78. The average Bonchev–Trinajstić information content (AvgIpc) is 2.58. The molecular weight excluding hydrogens is 290 g/mol. The third kappa shape index (κ3) is 7.20. The van der Waals surface area contributed by atoms with Gasteiger partial charge in [0.1, 0.15) is 0 Å². The molecule has 1 rings (SSSR count). The highest BCUT2D eigenvalue weighted by Gasteiger charge is 2.22. The van der Waals surface area contributed by atoms with Crippen molar-refractivity contribution in [3.63, 3.8) is 0 Å². The second-order valence-corrected chi connectivity index (χ2v) is 6.07. The molecule has 1 heterocycles. The molecule has 0 aliphatic carbocycles. The van der Waals surface area contributed by atoms with Gasteiger partial charge in [-0.3, -0.25) is 9.79 Å². The predicted molar refractivity (Wildman–Crippen MR) is 96.7 cm³/mol. The molecule has 0 radical (unpaired) electrons. The molecule has 1 aliphatic rings. The van der Waals surface area contributed by atoms with Gasteiger partial charge in [-0.05, 0) is 38.8 Å². The second kappa shape index (κ2) is 11.3. The Bertz CT molecular complexity index is 360. The van der Waals surface area contributed by atoms with Gasteiger partial charge in [-0.15, -0.1) is 0 Å². The molecule has 6 nitrogen and oxygen atoms in total. The number of rotatable bonds is 8. The molecule has 0 bridgehead atoms. The zero-order valence-corrected chi connectivity index (χ0v) is 15.4. The summed E-state index contributed by atoms with van der Waals surface area (Å²) in [5.74, 6) is 1.69. The summed E-state index contributed by atoms with van der Waals surface area (Å²) in [5.41, 5.74) is 0. The Kier molecular flexibility index (Phi) is 9.67. The van der Waals surface area contributed by atoms with Crippen LogP contribution < -0.4 is 10.6 Å². The van der Waals surface area contributed by atoms with Gasteiger partial charge in [-0.2, -0.15) is 0 Å². The molecule has 1 saturated heterocycles. The first-order valence-electron chi connectivity index (χ1n) is 9.10. The van der Waals surface area contributed by atoms with E-state index in [-0.39, 0.29) is 5.91 Å². The highest BCUT2D eigenvalue weighted by atomic mass is 16.1. The minimum Gasteiger partial charge on any atom is -0.359 e. The minimum absolute atomic E-state index is 0.156. The second-order valence-electron chi connectivity index (χ2n) is 6.07. The normalized spacial score (nSPS) is 16.7. The molecule has 0 atom stereocenters. The highest BCUT2D eigenvalue weighted by molar-refractivity contribution is 5.80. The van der Waals surface area contributed by atoms with E-state index in [2.05, 4.69) is 41.2 Å². The third-order valence-corrected chi connectivity index (χ3v) is 4.57. The molecular formula is C17H35N5O. The summed E-state index contributed by atoms with van der Waals surface area (Å²) in [5, 5.41) is 6.13. The molecule has 6 heteroatoms. The Balaban J connectivity index is 2.47. The van der Waals surface area contributed by atoms with Gasteiger partial charge in [-0.25, -0.2) is 0 Å². The van der Waals surface area contributed by atoms with Crippen molar-refractivity contribution in [3.05, 3.63) is 0 Å². The van der Waals surface area contributed by atoms with Crippen LogP contribution in [0.15, 0.2) is 4.99 Å². The molecule has 0 aromatic carbocycles. The molecule has 134 valence electrons. The van der Waals surface area contributed by atoms with Crippen LogP contribution in [0.1, 0.15) is 40.0 Å². The molecule has 0 aromatic rings. The molecule has 0 aromatic heterocycles. The van der Waals surface area contributed by atoms with Gasteiger partial charge in [0.05, 0.1) is 6.54 Å². The summed E-state index contributed by atoms with van der Waals surface area (Å²) in [6, 6.07) is 0. The fourth-order valence-corrected chi connectivity index (χ4v) is 2.98. The van der Waals surface area contributed by atoms with Crippen LogP contribution in [0.4, 0.5) is 0 Å². The lowest BCUT2D eigenvalue weighted by molar-refractivity contribution is -0.121. The fourth-order valence-electron chi connectivity index (χ4n) is 2.98. The molecule has 0 spiro atoms. The molecule has 1 amide bonds. The van der Waals surface area contributed by atoms with Crippen LogP contribution in [0.2, 0.25) is 0 Å². The maximum atomic E-state index is 11.5. The summed E-state index contributed by atoms with van der Waals surface area (Å²) >= 11 is 0. The van der Waals surface area contributed by atoms with Crippen molar-refractivity contribution in [1.82, 2.24) is 20.4 Å². The summed E-state index contributed by atoms with van der Waals surface area (Å²) in [4.78, 5) is 21.0. The lowest BCUT2D eigenvalue weighted by Crippen LogP contribution is -2.46. The standard InChI is InChI=1S/C17H35N5O/c1-5-19-17(20-10-13-21(6-2)7-3)22-11-8-15(9-12-22)14-16(23)18-4/h15H,5-14H2,1-4H3,(H,18,23)(H,19,20). The van der Waals surface area contributed by atoms with Crippen LogP contribution in [-0.4, -0.2) is 74.5 Å². The Morgan fingerprint density at radius 3 is 2.39 bits per heavy atom. The SMILES string of the molecule is CCNC(=NCCN(CC)CC)N1CCC(CC(=O)NC)CC1. The number of likely N-dealkylation sites (N-methyl/N-ethyl adjacent to an activating group) is 1. The first kappa shape index (κ1) is 19.7. The smallest absolute Gasteiger partial charge is 0.220 e. The van der Waals surface area contributed by atoms with Gasteiger partial charge in [-0.1, -0.05) is 13.8 Å². The number of carbonyl (C=O) groups is 1. The molecule has 1 fully saturated rings. The fraction of sp³-hybridized carbons (Fsp3) is 0.882. The van der Waals surface area contributed by atoms with E-state index in [1.54, 1.807) is 7.05 Å². The topological polar surface area (TPSA) is 60.0 Å². The van der Waals surface area contributed by atoms with Crippen LogP contribution in [0, 0.1) is 5.92 Å². The number of aliphatic imine (C=N–C) groups is 1. The van der Waals surface area contributed by atoms with Gasteiger partial charge in [0, 0.05) is 39.6 Å². The number of piperidine rings is 1. The lowest BCUT2D eigenvalue weighted by Gasteiger charge is -2.34. The number of hydrogen-bond acceptors (Lipinski definition) is 3. The minimum atomic E-state index is 0.156. The lowest BCUT2D eigenvalue weighted by atomic mass is 9.93. The molecule has 0 saturated carbocycles. The summed E-state index contributed by atoms with van der Waals surface area (Å²) < 4.78 is 0. The molecule has 23 heavy (non-hydrogen) atoms. The Hall–Kier alpha value is -1.30. The van der Waals surface area contributed by atoms with E-state index in [0.29, 0.717) is 12.3 Å². The van der Waals surface area contributed by atoms with Crippen molar-refractivity contribution in [2.24, 2.45) is 10.9 Å². The van der Waals surface area contributed by atoms with Gasteiger partial charge in [0.2, 0.25) is 5.91 Å². The molecule has 0 unspecified atom stereocenters. The van der Waals surface area contributed by atoms with Crippen molar-refractivity contribution in [2.45, 2.75) is 40.0 Å². The highest BCUT2D eigenvalue weighted by Crippen LogP contribution is 2.20. The first-order valence-corrected chi connectivity index (χ1v) is 9.10. The van der Waals surface area contributed by atoms with Crippen LogP contribution in [0.5, 0.6) is 0 Å². The Labute approximate surface area is 141 Å². The van der Waals surface area contributed by atoms with Crippen LogP contribution in [-0.2, 0) is 4.79 Å². The van der Waals surface area contributed by atoms with Crippen LogP contribution in [0.3, 0.4) is 0 Å². The molecule has 2 N–H and O–H groups in total. The van der Waals surface area contributed by atoms with Crippen molar-refractivity contribution in [2.75, 3.05) is 52.9 Å². The quantitative estimate of drug-likeness (QED) is 0.519. The Morgan fingerprint density at radius 2 is 1.87 bits per heavy atom. The Morgan fingerprint density at radius 1 is 1.22 bits per heavy atom. The monoisotopic (exact) mass is 325 g/mol. The molecule has 1 aliphatic heterocycles. The summed E-state index contributed by atoms with van der Waals surface area (Å²) in [6.45, 7) is 13.3. The van der Waals surface area contributed by atoms with Crippen molar-refractivity contribution >= 4 is 11.9 Å². The van der Waals surface area contributed by atoms with Crippen LogP contribution in [0.25, 0.3) is 0 Å². The first-order chi connectivity index (χ1) is 11.1. The van der Waals surface area contributed by atoms with Gasteiger partial charge in [0.25, 0.3) is 0 Å². The van der Waals surface area contributed by atoms with Crippen molar-refractivity contribution in [1.29, 1.82) is 0 Å². The van der Waals surface area contributed by atoms with E-state index in [4.69, 9.17) is 4.99 Å². The third-order valence-electron chi connectivity index (χ3n) is 4.57. The van der Waals surface area contributed by atoms with Crippen molar-refractivity contribution < 1.29 is 4.79 Å². The number of hydrogen-bond donors (Lipinski definition) is 2. The van der Waals surface area contributed by atoms with E-state index in [0.717, 1.165) is 64.6 Å². The number of nitrogens with one attached hydrogen (secondary N) is 2. The van der Waals surface area contributed by atoms with E-state index in [1.807, 2.05) is 0 Å². The largest absolute Gasteiger partial charge is 0.359 e. The summed E-state index contributed by atoms with van der Waals surface area (Å²) in [7, 11) is 1.71.